The first-order valence-electron chi connectivity index (χ1n) is 6.83. The van der Waals surface area contributed by atoms with Crippen LogP contribution in [0.25, 0.3) is 5.69 Å². The zero-order valence-electron chi connectivity index (χ0n) is 12.6. The second kappa shape index (κ2) is 6.30. The van der Waals surface area contributed by atoms with Crippen LogP contribution in [0.15, 0.2) is 41.1 Å². The van der Waals surface area contributed by atoms with Crippen LogP contribution >= 0.6 is 0 Å². The van der Waals surface area contributed by atoms with Gasteiger partial charge >= 0.3 is 5.97 Å². The number of aromatic nitrogens is 4. The molecule has 0 radical (unpaired) electrons. The third kappa shape index (κ3) is 3.20. The summed E-state index contributed by atoms with van der Waals surface area (Å²) >= 11 is 0. The molecule has 0 amide bonds. The SMILES string of the molecule is COc1cn(-c2ccccc2)nc1C(=O)OCc1nc(C)no1. The molecule has 0 spiro atoms. The second-order valence-corrected chi connectivity index (χ2v) is 4.64. The summed E-state index contributed by atoms with van der Waals surface area (Å²) in [7, 11) is 1.46. The number of ether oxygens (including phenoxy) is 2. The van der Waals surface area contributed by atoms with Crippen LogP contribution in [0.3, 0.4) is 0 Å². The molecule has 0 saturated heterocycles. The maximum atomic E-state index is 12.2. The normalized spacial score (nSPS) is 10.5. The number of aryl methyl sites for hydroxylation is 1. The predicted octanol–water partition coefficient (Wildman–Crippen LogP) is 1.93. The first kappa shape index (κ1) is 14.8. The highest BCUT2D eigenvalue weighted by Gasteiger charge is 2.20. The van der Waals surface area contributed by atoms with Crippen LogP contribution in [-0.4, -0.2) is 33.0 Å². The van der Waals surface area contributed by atoms with Crippen LogP contribution < -0.4 is 4.74 Å². The summed E-state index contributed by atoms with van der Waals surface area (Å²) in [5.74, 6) is 0.382. The Morgan fingerprint density at radius 2 is 2.09 bits per heavy atom. The van der Waals surface area contributed by atoms with E-state index in [1.807, 2.05) is 30.3 Å². The van der Waals surface area contributed by atoms with Crippen LogP contribution in [0.5, 0.6) is 5.75 Å². The molecule has 8 nitrogen and oxygen atoms in total. The Kier molecular flexibility index (Phi) is 4.05. The van der Waals surface area contributed by atoms with E-state index in [-0.39, 0.29) is 18.2 Å². The number of methoxy groups -OCH3 is 1. The zero-order valence-corrected chi connectivity index (χ0v) is 12.6. The van der Waals surface area contributed by atoms with E-state index in [4.69, 9.17) is 14.0 Å². The van der Waals surface area contributed by atoms with Gasteiger partial charge in [-0.05, 0) is 19.1 Å². The Morgan fingerprint density at radius 3 is 2.74 bits per heavy atom. The van der Waals surface area contributed by atoms with Crippen molar-refractivity contribution in [2.45, 2.75) is 13.5 Å². The Labute approximate surface area is 131 Å². The molecule has 0 fully saturated rings. The molecular formula is C15H14N4O4. The molecule has 3 rings (SSSR count). The number of nitrogens with zero attached hydrogens (tertiary/aromatic N) is 4. The number of carbonyl (C=O) groups excluding carboxylic acids is 1. The van der Waals surface area contributed by atoms with Gasteiger partial charge in [0.25, 0.3) is 5.89 Å². The molecule has 0 N–H and O–H groups in total. The highest BCUT2D eigenvalue weighted by atomic mass is 16.6. The van der Waals surface area contributed by atoms with Crippen molar-refractivity contribution in [3.8, 4) is 11.4 Å². The fourth-order valence-electron chi connectivity index (χ4n) is 1.96. The number of benzene rings is 1. The van der Waals surface area contributed by atoms with Crippen LogP contribution in [0, 0.1) is 6.92 Å². The van der Waals surface area contributed by atoms with Gasteiger partial charge in [0, 0.05) is 0 Å². The summed E-state index contributed by atoms with van der Waals surface area (Å²) in [5, 5.41) is 7.84. The molecule has 3 aromatic rings. The van der Waals surface area contributed by atoms with Crippen LogP contribution in [-0.2, 0) is 11.3 Å². The van der Waals surface area contributed by atoms with E-state index in [9.17, 15) is 4.79 Å². The molecule has 0 aliphatic rings. The van der Waals surface area contributed by atoms with E-state index in [2.05, 4.69) is 15.2 Å². The summed E-state index contributed by atoms with van der Waals surface area (Å²) in [6.45, 7) is 1.56. The molecule has 0 saturated carbocycles. The molecule has 0 unspecified atom stereocenters. The van der Waals surface area contributed by atoms with Crippen LogP contribution in [0.2, 0.25) is 0 Å². The van der Waals surface area contributed by atoms with Crippen molar-refractivity contribution in [1.29, 1.82) is 0 Å². The smallest absolute Gasteiger partial charge is 0.363 e. The molecule has 0 aliphatic carbocycles. The first-order chi connectivity index (χ1) is 11.2. The van der Waals surface area contributed by atoms with E-state index in [0.29, 0.717) is 11.6 Å². The molecule has 0 atom stereocenters. The summed E-state index contributed by atoms with van der Waals surface area (Å²) in [6.07, 6.45) is 1.61. The van der Waals surface area contributed by atoms with E-state index in [0.717, 1.165) is 5.69 Å². The minimum absolute atomic E-state index is 0.0765. The van der Waals surface area contributed by atoms with Gasteiger partial charge in [-0.3, -0.25) is 0 Å². The number of hydrogen-bond acceptors (Lipinski definition) is 7. The number of esters is 1. The van der Waals surface area contributed by atoms with Gasteiger partial charge in [0.15, 0.2) is 18.2 Å². The van der Waals surface area contributed by atoms with Crippen molar-refractivity contribution in [2.24, 2.45) is 0 Å². The third-order valence-electron chi connectivity index (χ3n) is 3.01. The minimum Gasteiger partial charge on any atom is -0.493 e. The lowest BCUT2D eigenvalue weighted by molar-refractivity contribution is 0.0419. The monoisotopic (exact) mass is 314 g/mol. The highest BCUT2D eigenvalue weighted by Crippen LogP contribution is 2.20. The largest absolute Gasteiger partial charge is 0.493 e. The molecule has 1 aromatic carbocycles. The van der Waals surface area contributed by atoms with Crippen molar-refractivity contribution in [3.05, 3.63) is 53.9 Å². The van der Waals surface area contributed by atoms with Gasteiger partial charge in [-0.15, -0.1) is 0 Å². The molecule has 2 heterocycles. The fourth-order valence-corrected chi connectivity index (χ4v) is 1.96. The summed E-state index contributed by atoms with van der Waals surface area (Å²) < 4.78 is 16.8. The second-order valence-electron chi connectivity index (χ2n) is 4.64. The number of carbonyl (C=O) groups is 1. The molecule has 0 bridgehead atoms. The topological polar surface area (TPSA) is 92.3 Å². The van der Waals surface area contributed by atoms with Gasteiger partial charge < -0.3 is 14.0 Å². The number of para-hydroxylation sites is 1. The molecule has 2 aromatic heterocycles. The van der Waals surface area contributed by atoms with E-state index >= 15 is 0 Å². The van der Waals surface area contributed by atoms with Crippen molar-refractivity contribution >= 4 is 5.97 Å². The molecular weight excluding hydrogens is 300 g/mol. The minimum atomic E-state index is -0.632. The molecule has 8 heteroatoms. The fraction of sp³-hybridized carbons (Fsp3) is 0.200. The summed E-state index contributed by atoms with van der Waals surface area (Å²) in [5.41, 5.74) is 0.880. The van der Waals surface area contributed by atoms with E-state index in [1.165, 1.54) is 7.11 Å². The Bertz CT molecular complexity index is 810. The number of hydrogen-bond donors (Lipinski definition) is 0. The van der Waals surface area contributed by atoms with Gasteiger partial charge in [0.1, 0.15) is 0 Å². The van der Waals surface area contributed by atoms with Crippen molar-refractivity contribution in [3.63, 3.8) is 0 Å². The van der Waals surface area contributed by atoms with Crippen molar-refractivity contribution < 1.29 is 18.8 Å². The number of rotatable bonds is 5. The molecule has 23 heavy (non-hydrogen) atoms. The summed E-state index contributed by atoms with van der Waals surface area (Å²) in [6, 6.07) is 9.37. The van der Waals surface area contributed by atoms with Gasteiger partial charge in [0.2, 0.25) is 5.69 Å². The molecule has 0 aliphatic heterocycles. The highest BCUT2D eigenvalue weighted by molar-refractivity contribution is 5.90. The van der Waals surface area contributed by atoms with Crippen molar-refractivity contribution in [1.82, 2.24) is 19.9 Å². The average Bonchev–Trinajstić information content (AvgIpc) is 3.19. The Morgan fingerprint density at radius 1 is 1.30 bits per heavy atom. The third-order valence-corrected chi connectivity index (χ3v) is 3.01. The van der Waals surface area contributed by atoms with Crippen molar-refractivity contribution in [2.75, 3.05) is 7.11 Å². The average molecular weight is 314 g/mol. The van der Waals surface area contributed by atoms with Gasteiger partial charge in [-0.25, -0.2) is 9.48 Å². The van der Waals surface area contributed by atoms with Gasteiger partial charge in [-0.2, -0.15) is 10.1 Å². The Hall–Kier alpha value is -3.16. The van der Waals surface area contributed by atoms with E-state index in [1.54, 1.807) is 17.8 Å². The predicted molar refractivity (Wildman–Crippen MR) is 78.3 cm³/mol. The first-order valence-corrected chi connectivity index (χ1v) is 6.83. The Balaban J connectivity index is 1.78. The lowest BCUT2D eigenvalue weighted by atomic mass is 10.3. The lowest BCUT2D eigenvalue weighted by Crippen LogP contribution is -2.08. The zero-order chi connectivity index (χ0) is 16.2. The maximum Gasteiger partial charge on any atom is 0.363 e. The summed E-state index contributed by atoms with van der Waals surface area (Å²) in [4.78, 5) is 16.1. The van der Waals surface area contributed by atoms with Gasteiger partial charge in [-0.1, -0.05) is 23.4 Å². The van der Waals surface area contributed by atoms with E-state index < -0.39 is 5.97 Å². The quantitative estimate of drug-likeness (QED) is 0.664. The van der Waals surface area contributed by atoms with Crippen LogP contribution in [0.4, 0.5) is 0 Å². The lowest BCUT2D eigenvalue weighted by Gasteiger charge is -2.01. The van der Waals surface area contributed by atoms with Gasteiger partial charge in [0.05, 0.1) is 19.0 Å². The molecule has 118 valence electrons. The standard InChI is InChI=1S/C15H14N4O4/c1-10-16-13(23-18-10)9-22-15(20)14-12(21-2)8-19(17-14)11-6-4-3-5-7-11/h3-8H,9H2,1-2H3. The maximum absolute atomic E-state index is 12.2. The van der Waals surface area contributed by atoms with Crippen LogP contribution in [0.1, 0.15) is 22.2 Å².